The molecule has 1 aliphatic rings. The molecule has 0 bridgehead atoms. The molecule has 9 heteroatoms. The van der Waals surface area contributed by atoms with Crippen LogP contribution in [-0.4, -0.2) is 36.7 Å². The van der Waals surface area contributed by atoms with E-state index in [1.807, 2.05) is 0 Å². The lowest BCUT2D eigenvalue weighted by Crippen LogP contribution is -2.42. The summed E-state index contributed by atoms with van der Waals surface area (Å²) in [5, 5.41) is 5.06. The van der Waals surface area contributed by atoms with E-state index in [1.165, 1.54) is 26.2 Å². The van der Waals surface area contributed by atoms with Crippen molar-refractivity contribution >= 4 is 23.5 Å². The Morgan fingerprint density at radius 3 is 2.63 bits per heavy atom. The molecule has 0 fully saturated rings. The van der Waals surface area contributed by atoms with Crippen molar-refractivity contribution in [3.63, 3.8) is 0 Å². The molecule has 0 radical (unpaired) electrons. The Morgan fingerprint density at radius 1 is 1.11 bits per heavy atom. The molecule has 1 aliphatic heterocycles. The normalized spacial score (nSPS) is 14.1. The first kappa shape index (κ1) is 18.3. The number of furan rings is 1. The number of carbonyl (C=O) groups excluding carboxylic acids is 3. The van der Waals surface area contributed by atoms with Crippen molar-refractivity contribution < 1.29 is 33.0 Å². The quantitative estimate of drug-likeness (QED) is 0.739. The number of nitrogens with one attached hydrogen (secondary N) is 2. The maximum atomic E-state index is 12.2. The third kappa shape index (κ3) is 4.38. The van der Waals surface area contributed by atoms with Crippen molar-refractivity contribution in [2.75, 3.05) is 12.1 Å². The van der Waals surface area contributed by atoms with E-state index >= 15 is 0 Å². The first-order chi connectivity index (χ1) is 12.9. The number of anilines is 1. The van der Waals surface area contributed by atoms with Crippen molar-refractivity contribution in [1.29, 1.82) is 0 Å². The standard InChI is InChI=1S/C18H18N2O7/c1-10(19-17(22)14-4-3-7-24-14)18(23)27-11(2)16(21)20-12-5-6-13-15(8-12)26-9-25-13/h3-8,10-11H,9H2,1-2H3,(H,19,22)(H,20,21)/t10-,11+/m0/s1. The van der Waals surface area contributed by atoms with Crippen LogP contribution < -0.4 is 20.1 Å². The number of hydrogen-bond donors (Lipinski definition) is 2. The van der Waals surface area contributed by atoms with Crippen LogP contribution in [0.3, 0.4) is 0 Å². The van der Waals surface area contributed by atoms with Crippen LogP contribution >= 0.6 is 0 Å². The Hall–Kier alpha value is -3.49. The van der Waals surface area contributed by atoms with Crippen molar-refractivity contribution in [3.8, 4) is 11.5 Å². The number of amides is 2. The average Bonchev–Trinajstić information content (AvgIpc) is 3.32. The minimum absolute atomic E-state index is 0.0725. The highest BCUT2D eigenvalue weighted by atomic mass is 16.7. The highest BCUT2D eigenvalue weighted by Crippen LogP contribution is 2.34. The van der Waals surface area contributed by atoms with Crippen molar-refractivity contribution in [2.24, 2.45) is 0 Å². The predicted molar refractivity (Wildman–Crippen MR) is 92.4 cm³/mol. The molecule has 0 spiro atoms. The van der Waals surface area contributed by atoms with Gasteiger partial charge in [-0.1, -0.05) is 0 Å². The monoisotopic (exact) mass is 374 g/mol. The van der Waals surface area contributed by atoms with Gasteiger partial charge in [0, 0.05) is 11.8 Å². The molecule has 0 aliphatic carbocycles. The van der Waals surface area contributed by atoms with Gasteiger partial charge in [-0.15, -0.1) is 0 Å². The number of hydrogen-bond acceptors (Lipinski definition) is 7. The molecule has 0 unspecified atom stereocenters. The first-order valence-electron chi connectivity index (χ1n) is 8.19. The van der Waals surface area contributed by atoms with E-state index in [1.54, 1.807) is 24.3 Å². The van der Waals surface area contributed by atoms with Gasteiger partial charge in [-0.05, 0) is 38.1 Å². The molecule has 2 heterocycles. The Kier molecular flexibility index (Phi) is 5.30. The summed E-state index contributed by atoms with van der Waals surface area (Å²) in [7, 11) is 0. The minimum atomic E-state index is -1.06. The smallest absolute Gasteiger partial charge is 0.329 e. The Morgan fingerprint density at radius 2 is 1.89 bits per heavy atom. The Bertz CT molecular complexity index is 847. The van der Waals surface area contributed by atoms with Crippen LogP contribution in [0.2, 0.25) is 0 Å². The number of fused-ring (bicyclic) bond motifs is 1. The average molecular weight is 374 g/mol. The Balaban J connectivity index is 1.51. The van der Waals surface area contributed by atoms with Crippen LogP contribution in [0.5, 0.6) is 11.5 Å². The predicted octanol–water partition coefficient (Wildman–Crippen LogP) is 1.70. The van der Waals surface area contributed by atoms with Gasteiger partial charge in [-0.3, -0.25) is 9.59 Å². The third-order valence-electron chi connectivity index (χ3n) is 3.75. The highest BCUT2D eigenvalue weighted by molar-refractivity contribution is 5.97. The second-order valence-electron chi connectivity index (χ2n) is 5.81. The zero-order valence-corrected chi connectivity index (χ0v) is 14.7. The summed E-state index contributed by atoms with van der Waals surface area (Å²) < 4.78 is 20.5. The second-order valence-corrected chi connectivity index (χ2v) is 5.81. The minimum Gasteiger partial charge on any atom is -0.459 e. The van der Waals surface area contributed by atoms with E-state index in [4.69, 9.17) is 18.6 Å². The number of rotatable bonds is 6. The van der Waals surface area contributed by atoms with Gasteiger partial charge in [0.15, 0.2) is 23.4 Å². The van der Waals surface area contributed by atoms with Crippen LogP contribution in [0.1, 0.15) is 24.4 Å². The maximum Gasteiger partial charge on any atom is 0.329 e. The lowest BCUT2D eigenvalue weighted by atomic mass is 10.2. The molecule has 1 aromatic carbocycles. The fraction of sp³-hybridized carbons (Fsp3) is 0.278. The molecule has 2 N–H and O–H groups in total. The van der Waals surface area contributed by atoms with Gasteiger partial charge in [0.05, 0.1) is 6.26 Å². The topological polar surface area (TPSA) is 116 Å². The second kappa shape index (κ2) is 7.81. The van der Waals surface area contributed by atoms with Crippen molar-refractivity contribution in [2.45, 2.75) is 26.0 Å². The van der Waals surface area contributed by atoms with E-state index in [-0.39, 0.29) is 12.6 Å². The van der Waals surface area contributed by atoms with E-state index in [0.29, 0.717) is 17.2 Å². The summed E-state index contributed by atoms with van der Waals surface area (Å²) in [6.45, 7) is 3.01. The summed E-state index contributed by atoms with van der Waals surface area (Å²) >= 11 is 0. The zero-order valence-electron chi connectivity index (χ0n) is 14.7. The van der Waals surface area contributed by atoms with E-state index in [9.17, 15) is 14.4 Å². The highest BCUT2D eigenvalue weighted by Gasteiger charge is 2.24. The lowest BCUT2D eigenvalue weighted by molar-refractivity contribution is -0.154. The summed E-state index contributed by atoms with van der Waals surface area (Å²) in [6, 6.07) is 6.99. The van der Waals surface area contributed by atoms with Crippen molar-refractivity contribution in [1.82, 2.24) is 5.32 Å². The molecule has 2 atom stereocenters. The van der Waals surface area contributed by atoms with Gasteiger partial charge in [0.2, 0.25) is 6.79 Å². The largest absolute Gasteiger partial charge is 0.459 e. The molecule has 27 heavy (non-hydrogen) atoms. The molecule has 9 nitrogen and oxygen atoms in total. The molecule has 3 rings (SSSR count). The molecule has 1 aromatic heterocycles. The molecular formula is C18H18N2O7. The van der Waals surface area contributed by atoms with Gasteiger partial charge < -0.3 is 29.3 Å². The van der Waals surface area contributed by atoms with E-state index < -0.39 is 29.9 Å². The molecule has 2 aromatic rings. The van der Waals surface area contributed by atoms with Crippen LogP contribution in [0.4, 0.5) is 5.69 Å². The van der Waals surface area contributed by atoms with Crippen molar-refractivity contribution in [3.05, 3.63) is 42.4 Å². The van der Waals surface area contributed by atoms with Gasteiger partial charge in [-0.2, -0.15) is 0 Å². The van der Waals surface area contributed by atoms with E-state index in [2.05, 4.69) is 10.6 Å². The first-order valence-corrected chi connectivity index (χ1v) is 8.19. The molecular weight excluding hydrogens is 356 g/mol. The van der Waals surface area contributed by atoms with Gasteiger partial charge in [0.25, 0.3) is 11.8 Å². The molecule has 0 saturated carbocycles. The number of esters is 1. The van der Waals surface area contributed by atoms with E-state index in [0.717, 1.165) is 0 Å². The zero-order chi connectivity index (χ0) is 19.4. The number of benzene rings is 1. The third-order valence-corrected chi connectivity index (χ3v) is 3.75. The summed E-state index contributed by atoms with van der Waals surface area (Å²) in [4.78, 5) is 36.2. The fourth-order valence-electron chi connectivity index (χ4n) is 2.28. The van der Waals surface area contributed by atoms with Gasteiger partial charge in [-0.25, -0.2) is 4.79 Å². The summed E-state index contributed by atoms with van der Waals surface area (Å²) in [5.41, 5.74) is 0.478. The van der Waals surface area contributed by atoms with Gasteiger partial charge in [0.1, 0.15) is 6.04 Å². The lowest BCUT2D eigenvalue weighted by Gasteiger charge is -2.17. The molecule has 142 valence electrons. The summed E-state index contributed by atoms with van der Waals surface area (Å²) in [6.07, 6.45) is 0.284. The number of ether oxygens (including phenoxy) is 3. The van der Waals surface area contributed by atoms with Crippen LogP contribution in [0.15, 0.2) is 41.0 Å². The SMILES string of the molecule is C[C@H](NC(=O)c1ccco1)C(=O)O[C@H](C)C(=O)Nc1ccc2c(c1)OCO2. The molecule has 0 saturated heterocycles. The number of carbonyl (C=O) groups is 3. The van der Waals surface area contributed by atoms with Gasteiger partial charge >= 0.3 is 5.97 Å². The Labute approximate surface area is 154 Å². The van der Waals surface area contributed by atoms with Crippen LogP contribution in [0.25, 0.3) is 0 Å². The molecule has 2 amide bonds. The maximum absolute atomic E-state index is 12.2. The van der Waals surface area contributed by atoms with Crippen LogP contribution in [-0.2, 0) is 14.3 Å². The fourth-order valence-corrected chi connectivity index (χ4v) is 2.28. The van der Waals surface area contributed by atoms with Crippen LogP contribution in [0, 0.1) is 0 Å². The summed E-state index contributed by atoms with van der Waals surface area (Å²) in [5.74, 6) is -0.638.